The van der Waals surface area contributed by atoms with Crippen LogP contribution in [0, 0.1) is 0 Å². The molecule has 0 saturated heterocycles. The van der Waals surface area contributed by atoms with Crippen LogP contribution in [0.3, 0.4) is 0 Å². The Morgan fingerprint density at radius 1 is 1.20 bits per heavy atom. The van der Waals surface area contributed by atoms with Gasteiger partial charge in [0.1, 0.15) is 11.5 Å². The van der Waals surface area contributed by atoms with Gasteiger partial charge in [-0.25, -0.2) is 4.98 Å². The third-order valence-electron chi connectivity index (χ3n) is 1.87. The first kappa shape index (κ1) is 9.38. The zero-order valence-corrected chi connectivity index (χ0v) is 8.23. The number of H-pyrrole nitrogens is 1. The van der Waals surface area contributed by atoms with E-state index in [4.69, 9.17) is 11.5 Å². The second-order valence-electron chi connectivity index (χ2n) is 2.97. The fourth-order valence-corrected chi connectivity index (χ4v) is 1.19. The van der Waals surface area contributed by atoms with Gasteiger partial charge in [0.2, 0.25) is 11.9 Å². The Morgan fingerprint density at radius 3 is 2.40 bits per heavy atom. The van der Waals surface area contributed by atoms with Crippen molar-refractivity contribution >= 4 is 11.9 Å². The third kappa shape index (κ3) is 1.85. The van der Waals surface area contributed by atoms with Crippen molar-refractivity contribution in [1.82, 2.24) is 24.9 Å². The van der Waals surface area contributed by atoms with Crippen LogP contribution in [-0.2, 0) is 6.42 Å². The average molecular weight is 205 g/mol. The number of nitrogens with two attached hydrogens (primary N) is 2. The van der Waals surface area contributed by atoms with Crippen molar-refractivity contribution in [2.24, 2.45) is 0 Å². The Labute approximate surface area is 86.0 Å². The van der Waals surface area contributed by atoms with Crippen LogP contribution < -0.4 is 11.5 Å². The number of rotatable bonds is 2. The number of nitrogens with one attached hydrogen (secondary N) is 1. The number of hydrogen-bond donors (Lipinski definition) is 3. The molecule has 0 bridgehead atoms. The molecule has 0 unspecified atom stereocenters. The van der Waals surface area contributed by atoms with Crippen molar-refractivity contribution in [3.05, 3.63) is 12.0 Å². The first-order valence-corrected chi connectivity index (χ1v) is 4.50. The number of anilines is 2. The Kier molecular flexibility index (Phi) is 2.20. The van der Waals surface area contributed by atoms with Crippen LogP contribution in [0.4, 0.5) is 11.9 Å². The van der Waals surface area contributed by atoms with Gasteiger partial charge in [-0.1, -0.05) is 6.92 Å². The molecule has 2 aromatic heterocycles. The lowest BCUT2D eigenvalue weighted by molar-refractivity contribution is 0.986. The predicted molar refractivity (Wildman–Crippen MR) is 55.6 cm³/mol. The summed E-state index contributed by atoms with van der Waals surface area (Å²) in [5, 5.41) is 0. The highest BCUT2D eigenvalue weighted by Gasteiger charge is 2.07. The maximum Gasteiger partial charge on any atom is 0.225 e. The molecule has 0 aliphatic heterocycles. The molecule has 0 aliphatic rings. The molecule has 0 aromatic carbocycles. The molecule has 2 rings (SSSR count). The van der Waals surface area contributed by atoms with Crippen LogP contribution in [0.2, 0.25) is 0 Å². The van der Waals surface area contributed by atoms with Crippen molar-refractivity contribution in [3.63, 3.8) is 0 Å². The van der Waals surface area contributed by atoms with E-state index >= 15 is 0 Å². The van der Waals surface area contributed by atoms with Crippen molar-refractivity contribution < 1.29 is 0 Å². The minimum absolute atomic E-state index is 0.102. The van der Waals surface area contributed by atoms with Gasteiger partial charge in [0.25, 0.3) is 0 Å². The molecule has 0 saturated carbocycles. The van der Waals surface area contributed by atoms with Crippen LogP contribution in [0.5, 0.6) is 0 Å². The molecule has 0 fully saturated rings. The summed E-state index contributed by atoms with van der Waals surface area (Å²) in [5.41, 5.74) is 11.6. The van der Waals surface area contributed by atoms with E-state index in [1.165, 1.54) is 0 Å². The normalized spacial score (nSPS) is 10.5. The Morgan fingerprint density at radius 2 is 1.87 bits per heavy atom. The smallest absolute Gasteiger partial charge is 0.225 e. The van der Waals surface area contributed by atoms with Gasteiger partial charge in [-0.05, 0) is 0 Å². The molecule has 15 heavy (non-hydrogen) atoms. The van der Waals surface area contributed by atoms with Crippen LogP contribution in [0.25, 0.3) is 11.5 Å². The Bertz CT molecular complexity index is 455. The van der Waals surface area contributed by atoms with Crippen molar-refractivity contribution in [3.8, 4) is 11.5 Å². The van der Waals surface area contributed by atoms with E-state index in [0.29, 0.717) is 11.5 Å². The third-order valence-corrected chi connectivity index (χ3v) is 1.87. The summed E-state index contributed by atoms with van der Waals surface area (Å²) in [7, 11) is 0. The van der Waals surface area contributed by atoms with Crippen molar-refractivity contribution in [2.45, 2.75) is 13.3 Å². The molecule has 2 aromatic rings. The summed E-state index contributed by atoms with van der Waals surface area (Å²) in [5.74, 6) is 1.48. The van der Waals surface area contributed by atoms with Crippen molar-refractivity contribution in [1.29, 1.82) is 0 Å². The lowest BCUT2D eigenvalue weighted by Gasteiger charge is -1.98. The fraction of sp³-hybridized carbons (Fsp3) is 0.250. The lowest BCUT2D eigenvalue weighted by Crippen LogP contribution is -2.04. The van der Waals surface area contributed by atoms with Gasteiger partial charge >= 0.3 is 0 Å². The van der Waals surface area contributed by atoms with E-state index < -0.39 is 0 Å². The second kappa shape index (κ2) is 3.52. The second-order valence-corrected chi connectivity index (χ2v) is 2.97. The van der Waals surface area contributed by atoms with Gasteiger partial charge in [-0.3, -0.25) is 0 Å². The van der Waals surface area contributed by atoms with Gasteiger partial charge in [-0.2, -0.15) is 15.0 Å². The lowest BCUT2D eigenvalue weighted by atomic mass is 10.4. The molecular formula is C8H11N7. The average Bonchev–Trinajstić information content (AvgIpc) is 2.64. The van der Waals surface area contributed by atoms with Gasteiger partial charge < -0.3 is 16.5 Å². The number of aromatic amines is 1. The summed E-state index contributed by atoms with van der Waals surface area (Å²) in [6, 6.07) is 0. The largest absolute Gasteiger partial charge is 0.368 e. The highest BCUT2D eigenvalue weighted by molar-refractivity contribution is 5.51. The number of imidazole rings is 1. The molecule has 0 atom stereocenters. The molecular weight excluding hydrogens is 194 g/mol. The number of nitrogens with zero attached hydrogens (tertiary/aromatic N) is 4. The van der Waals surface area contributed by atoms with E-state index in [0.717, 1.165) is 12.2 Å². The first-order chi connectivity index (χ1) is 7.19. The summed E-state index contributed by atoms with van der Waals surface area (Å²) in [4.78, 5) is 18.8. The fourth-order valence-electron chi connectivity index (χ4n) is 1.19. The summed E-state index contributed by atoms with van der Waals surface area (Å²) in [6.07, 6.45) is 2.46. The first-order valence-electron chi connectivity index (χ1n) is 4.50. The minimum Gasteiger partial charge on any atom is -0.368 e. The van der Waals surface area contributed by atoms with Crippen LogP contribution in [-0.4, -0.2) is 24.9 Å². The molecule has 0 amide bonds. The molecule has 2 heterocycles. The molecule has 78 valence electrons. The summed E-state index contributed by atoms with van der Waals surface area (Å²) in [6.45, 7) is 2.00. The standard InChI is InChI=1S/C8H11N7/c1-2-5-11-3-4(12-5)6-13-7(9)15-8(10)14-6/h3H,2H2,1H3,(H,11,12)(H4,9,10,13,14,15). The minimum atomic E-state index is 0.102. The summed E-state index contributed by atoms with van der Waals surface area (Å²) >= 11 is 0. The monoisotopic (exact) mass is 205 g/mol. The van der Waals surface area contributed by atoms with E-state index in [1.807, 2.05) is 6.92 Å². The molecule has 0 radical (unpaired) electrons. The molecule has 0 aliphatic carbocycles. The van der Waals surface area contributed by atoms with E-state index in [9.17, 15) is 0 Å². The predicted octanol–water partition coefficient (Wildman–Crippen LogP) is -0.0115. The molecule has 0 spiro atoms. The molecule has 7 heteroatoms. The van der Waals surface area contributed by atoms with Gasteiger partial charge in [-0.15, -0.1) is 0 Å². The van der Waals surface area contributed by atoms with Gasteiger partial charge in [0.05, 0.1) is 6.20 Å². The zero-order chi connectivity index (χ0) is 10.8. The number of hydrogen-bond acceptors (Lipinski definition) is 6. The topological polar surface area (TPSA) is 119 Å². The van der Waals surface area contributed by atoms with Crippen LogP contribution in [0.15, 0.2) is 6.20 Å². The van der Waals surface area contributed by atoms with Crippen LogP contribution >= 0.6 is 0 Å². The molecule has 7 nitrogen and oxygen atoms in total. The number of nitrogen functional groups attached to an aromatic ring is 2. The number of aromatic nitrogens is 5. The Hall–Kier alpha value is -2.18. The highest BCUT2D eigenvalue weighted by atomic mass is 15.1. The van der Waals surface area contributed by atoms with Gasteiger partial charge in [0.15, 0.2) is 5.82 Å². The van der Waals surface area contributed by atoms with E-state index in [2.05, 4.69) is 24.9 Å². The maximum atomic E-state index is 5.46. The summed E-state index contributed by atoms with van der Waals surface area (Å²) < 4.78 is 0. The SMILES string of the molecule is CCc1ncc(-c2nc(N)nc(N)n2)[nH]1. The number of aryl methyl sites for hydroxylation is 1. The quantitative estimate of drug-likeness (QED) is 0.634. The Balaban J connectivity index is 2.44. The van der Waals surface area contributed by atoms with Gasteiger partial charge in [0, 0.05) is 6.42 Å². The van der Waals surface area contributed by atoms with Crippen molar-refractivity contribution in [2.75, 3.05) is 11.5 Å². The van der Waals surface area contributed by atoms with Crippen LogP contribution in [0.1, 0.15) is 12.7 Å². The highest BCUT2D eigenvalue weighted by Crippen LogP contribution is 2.13. The van der Waals surface area contributed by atoms with E-state index in [1.54, 1.807) is 6.20 Å². The zero-order valence-electron chi connectivity index (χ0n) is 8.23. The van der Waals surface area contributed by atoms with E-state index in [-0.39, 0.29) is 11.9 Å². The maximum absolute atomic E-state index is 5.46. The molecule has 5 N–H and O–H groups in total.